The number of carbonyl (C=O) groups excluding carboxylic acids is 1. The molecule has 2 heterocycles. The molecule has 0 saturated heterocycles. The van der Waals surface area contributed by atoms with Gasteiger partial charge in [0.2, 0.25) is 5.43 Å². The highest BCUT2D eigenvalue weighted by atomic mass is 16.5. The van der Waals surface area contributed by atoms with Crippen LogP contribution in [0.25, 0.3) is 22.2 Å². The molecule has 0 bridgehead atoms. The van der Waals surface area contributed by atoms with Crippen LogP contribution in [0.5, 0.6) is 0 Å². The highest BCUT2D eigenvalue weighted by Gasteiger charge is 2.18. The zero-order valence-electron chi connectivity index (χ0n) is 17.0. The molecule has 0 spiro atoms. The lowest BCUT2D eigenvalue weighted by molar-refractivity contribution is 0.0524. The van der Waals surface area contributed by atoms with Crippen LogP contribution in [0.3, 0.4) is 0 Å². The summed E-state index contributed by atoms with van der Waals surface area (Å²) in [5, 5.41) is 0. The Bertz CT molecular complexity index is 1280. The van der Waals surface area contributed by atoms with Crippen LogP contribution in [-0.2, 0) is 11.3 Å². The van der Waals surface area contributed by atoms with E-state index in [4.69, 9.17) is 4.74 Å². The van der Waals surface area contributed by atoms with Crippen LogP contribution >= 0.6 is 0 Å². The normalized spacial score (nSPS) is 10.9. The summed E-state index contributed by atoms with van der Waals surface area (Å²) in [4.78, 5) is 29.6. The summed E-state index contributed by atoms with van der Waals surface area (Å²) >= 11 is 0. The minimum atomic E-state index is -0.628. The Morgan fingerprint density at radius 1 is 1.07 bits per heavy atom. The number of hydrogen-bond donors (Lipinski definition) is 0. The molecule has 5 heteroatoms. The zero-order valence-corrected chi connectivity index (χ0v) is 17.0. The zero-order chi connectivity index (χ0) is 21.1. The fourth-order valence-corrected chi connectivity index (χ4v) is 3.59. The molecular weight excluding hydrogens is 376 g/mol. The third kappa shape index (κ3) is 3.74. The van der Waals surface area contributed by atoms with Gasteiger partial charge >= 0.3 is 5.97 Å². The largest absolute Gasteiger partial charge is 0.462 e. The van der Waals surface area contributed by atoms with Crippen LogP contribution < -0.4 is 5.43 Å². The molecule has 0 N–H and O–H groups in total. The number of nitrogens with zero attached hydrogens (tertiary/aromatic N) is 2. The van der Waals surface area contributed by atoms with Gasteiger partial charge in [-0.25, -0.2) is 4.79 Å². The Hall–Kier alpha value is -3.73. The van der Waals surface area contributed by atoms with E-state index in [-0.39, 0.29) is 17.7 Å². The Balaban J connectivity index is 1.90. The molecule has 0 amide bonds. The lowest BCUT2D eigenvalue weighted by atomic mass is 9.99. The number of aryl methyl sites for hydroxylation is 1. The number of ether oxygens (including phenoxy) is 1. The number of hydrogen-bond acceptors (Lipinski definition) is 4. The number of fused-ring (bicyclic) bond motifs is 1. The van der Waals surface area contributed by atoms with Crippen LogP contribution in [0.1, 0.15) is 28.4 Å². The number of benzene rings is 2. The molecule has 0 radical (unpaired) electrons. The van der Waals surface area contributed by atoms with Gasteiger partial charge in [0.25, 0.3) is 0 Å². The van der Waals surface area contributed by atoms with Gasteiger partial charge in [-0.05, 0) is 42.2 Å². The molecule has 0 saturated carbocycles. The smallest absolute Gasteiger partial charge is 0.343 e. The maximum atomic E-state index is 12.9. The number of pyridine rings is 2. The molecule has 0 aliphatic carbocycles. The molecule has 30 heavy (non-hydrogen) atoms. The SMILES string of the molecule is CCOC(=O)c1cn(Cc2ccccc2-c2ccccc2)c2cc(C)cnc2c1=O. The van der Waals surface area contributed by atoms with Gasteiger partial charge in [0.15, 0.2) is 0 Å². The monoisotopic (exact) mass is 398 g/mol. The molecule has 0 fully saturated rings. The molecule has 150 valence electrons. The van der Waals surface area contributed by atoms with Crippen molar-refractivity contribution >= 4 is 17.0 Å². The van der Waals surface area contributed by atoms with E-state index in [1.807, 2.05) is 47.9 Å². The van der Waals surface area contributed by atoms with Gasteiger partial charge in [0.1, 0.15) is 11.1 Å². The van der Waals surface area contributed by atoms with Gasteiger partial charge in [-0.1, -0.05) is 54.6 Å². The highest BCUT2D eigenvalue weighted by molar-refractivity contribution is 5.92. The van der Waals surface area contributed by atoms with E-state index in [2.05, 4.69) is 29.2 Å². The second-order valence-electron chi connectivity index (χ2n) is 7.12. The fourth-order valence-electron chi connectivity index (χ4n) is 3.59. The average molecular weight is 398 g/mol. The maximum Gasteiger partial charge on any atom is 0.343 e. The van der Waals surface area contributed by atoms with Crippen LogP contribution in [0.15, 0.2) is 77.9 Å². The van der Waals surface area contributed by atoms with Crippen molar-refractivity contribution in [2.75, 3.05) is 6.61 Å². The predicted molar refractivity (Wildman–Crippen MR) is 118 cm³/mol. The van der Waals surface area contributed by atoms with Crippen LogP contribution in [-0.4, -0.2) is 22.1 Å². The molecule has 2 aromatic carbocycles. The standard InChI is InChI=1S/C25H22N2O3/c1-3-30-25(29)21-16-27(22-13-17(2)14-26-23(22)24(21)28)15-19-11-7-8-12-20(19)18-9-5-4-6-10-18/h4-14,16H,3,15H2,1-2H3. The topological polar surface area (TPSA) is 61.2 Å². The first-order valence-electron chi connectivity index (χ1n) is 9.88. The minimum Gasteiger partial charge on any atom is -0.462 e. The van der Waals surface area contributed by atoms with Gasteiger partial charge < -0.3 is 9.30 Å². The van der Waals surface area contributed by atoms with E-state index >= 15 is 0 Å². The number of rotatable bonds is 5. The van der Waals surface area contributed by atoms with E-state index in [0.717, 1.165) is 22.3 Å². The van der Waals surface area contributed by atoms with E-state index in [1.54, 1.807) is 19.3 Å². The van der Waals surface area contributed by atoms with Gasteiger partial charge in [0.05, 0.1) is 12.1 Å². The molecular formula is C25H22N2O3. The summed E-state index contributed by atoms with van der Waals surface area (Å²) in [6.45, 7) is 4.33. The molecule has 0 aliphatic heterocycles. The van der Waals surface area contributed by atoms with Gasteiger partial charge in [0, 0.05) is 18.9 Å². The van der Waals surface area contributed by atoms with E-state index in [9.17, 15) is 9.59 Å². The molecule has 2 aromatic heterocycles. The summed E-state index contributed by atoms with van der Waals surface area (Å²) < 4.78 is 7.01. The van der Waals surface area contributed by atoms with Crippen molar-refractivity contribution in [3.63, 3.8) is 0 Å². The third-order valence-corrected chi connectivity index (χ3v) is 5.00. The average Bonchev–Trinajstić information content (AvgIpc) is 2.76. The number of aromatic nitrogens is 2. The lowest BCUT2D eigenvalue weighted by Gasteiger charge is -2.16. The Morgan fingerprint density at radius 2 is 1.80 bits per heavy atom. The van der Waals surface area contributed by atoms with Crippen molar-refractivity contribution < 1.29 is 9.53 Å². The Labute approximate surface area is 174 Å². The van der Waals surface area contributed by atoms with Gasteiger partial charge in [-0.15, -0.1) is 0 Å². The van der Waals surface area contributed by atoms with Crippen LogP contribution in [0, 0.1) is 6.92 Å². The first kappa shape index (κ1) is 19.6. The molecule has 0 atom stereocenters. The van der Waals surface area contributed by atoms with Crippen molar-refractivity contribution in [2.24, 2.45) is 0 Å². The number of carbonyl (C=O) groups is 1. The minimum absolute atomic E-state index is 0.00195. The Kier molecular flexibility index (Phi) is 5.44. The lowest BCUT2D eigenvalue weighted by Crippen LogP contribution is -2.22. The fraction of sp³-hybridized carbons (Fsp3) is 0.160. The maximum absolute atomic E-state index is 12.9. The van der Waals surface area contributed by atoms with E-state index < -0.39 is 11.4 Å². The number of esters is 1. The van der Waals surface area contributed by atoms with Crippen molar-refractivity contribution in [2.45, 2.75) is 20.4 Å². The van der Waals surface area contributed by atoms with Gasteiger partial charge in [-0.2, -0.15) is 0 Å². The quantitative estimate of drug-likeness (QED) is 0.461. The summed E-state index contributed by atoms with van der Waals surface area (Å²) in [5.74, 6) is -0.628. The summed E-state index contributed by atoms with van der Waals surface area (Å²) in [6, 6.07) is 20.2. The van der Waals surface area contributed by atoms with E-state index in [0.29, 0.717) is 12.1 Å². The van der Waals surface area contributed by atoms with Crippen molar-refractivity contribution in [3.8, 4) is 11.1 Å². The van der Waals surface area contributed by atoms with E-state index in [1.165, 1.54) is 0 Å². The van der Waals surface area contributed by atoms with Crippen LogP contribution in [0.2, 0.25) is 0 Å². The summed E-state index contributed by atoms with van der Waals surface area (Å²) in [6.07, 6.45) is 3.23. The van der Waals surface area contributed by atoms with Crippen molar-refractivity contribution in [3.05, 3.63) is 100.0 Å². The third-order valence-electron chi connectivity index (χ3n) is 5.00. The second-order valence-corrected chi connectivity index (χ2v) is 7.12. The first-order valence-corrected chi connectivity index (χ1v) is 9.88. The van der Waals surface area contributed by atoms with Gasteiger partial charge in [-0.3, -0.25) is 9.78 Å². The summed E-state index contributed by atoms with van der Waals surface area (Å²) in [7, 11) is 0. The van der Waals surface area contributed by atoms with Crippen molar-refractivity contribution in [1.82, 2.24) is 9.55 Å². The molecule has 4 rings (SSSR count). The second kappa shape index (κ2) is 8.33. The first-order chi connectivity index (χ1) is 14.6. The Morgan fingerprint density at radius 3 is 2.57 bits per heavy atom. The predicted octanol–water partition coefficient (Wildman–Crippen LogP) is 4.60. The van der Waals surface area contributed by atoms with Crippen LogP contribution in [0.4, 0.5) is 0 Å². The summed E-state index contributed by atoms with van der Waals surface area (Å²) in [5.41, 5.74) is 4.77. The molecule has 0 aliphatic rings. The molecule has 0 unspecified atom stereocenters. The molecule has 4 aromatic rings. The highest BCUT2D eigenvalue weighted by Crippen LogP contribution is 2.25. The van der Waals surface area contributed by atoms with Crippen molar-refractivity contribution in [1.29, 1.82) is 0 Å². The molecule has 5 nitrogen and oxygen atoms in total.